The summed E-state index contributed by atoms with van der Waals surface area (Å²) < 4.78 is 0. The molecule has 0 radical (unpaired) electrons. The Balaban J connectivity index is 2.85. The van der Waals surface area contributed by atoms with Crippen LogP contribution in [0, 0.1) is 0 Å². The zero-order chi connectivity index (χ0) is 8.32. The fourth-order valence-corrected chi connectivity index (χ4v) is 1.51. The van der Waals surface area contributed by atoms with Crippen LogP contribution in [0.15, 0.2) is 36.5 Å². The molecule has 0 saturated carbocycles. The van der Waals surface area contributed by atoms with E-state index in [4.69, 9.17) is 23.2 Å². The molecule has 11 heavy (non-hydrogen) atoms. The first-order valence-corrected chi connectivity index (χ1v) is 4.33. The maximum atomic E-state index is 6.17. The fraction of sp³-hybridized carbons (Fsp3) is 0.333. The Hall–Kier alpha value is -0.200. The maximum absolute atomic E-state index is 6.17. The summed E-state index contributed by atoms with van der Waals surface area (Å²) in [4.78, 5) is -0.523. The van der Waals surface area contributed by atoms with E-state index in [1.54, 1.807) is 0 Å². The molecule has 0 aromatic rings. The second-order valence-corrected chi connectivity index (χ2v) is 3.60. The van der Waals surface area contributed by atoms with Crippen LogP contribution < -0.4 is 0 Å². The van der Waals surface area contributed by atoms with Gasteiger partial charge in [-0.25, -0.2) is 0 Å². The van der Waals surface area contributed by atoms with Crippen LogP contribution in [0.25, 0.3) is 0 Å². The number of hydrogen-bond donors (Lipinski definition) is 0. The summed E-state index contributed by atoms with van der Waals surface area (Å²) in [6, 6.07) is 0. The topological polar surface area (TPSA) is 0 Å². The average Bonchev–Trinajstić information content (AvgIpc) is 1.96. The standard InChI is InChI=1S/C9H10Cl2/c1-2-6-9(11)7-4-3-5-8(9)10/h2-8H,1H3. The minimum absolute atomic E-state index is 0.148. The molecule has 1 rings (SSSR count). The highest BCUT2D eigenvalue weighted by Gasteiger charge is 2.29. The van der Waals surface area contributed by atoms with Crippen molar-refractivity contribution < 1.29 is 0 Å². The molecule has 0 aromatic carbocycles. The molecule has 0 aliphatic heterocycles. The third kappa shape index (κ3) is 1.88. The van der Waals surface area contributed by atoms with Gasteiger partial charge < -0.3 is 0 Å². The third-order valence-electron chi connectivity index (χ3n) is 1.59. The molecule has 0 fully saturated rings. The lowest BCUT2D eigenvalue weighted by Gasteiger charge is -2.24. The van der Waals surface area contributed by atoms with Crippen molar-refractivity contribution in [1.29, 1.82) is 0 Å². The molecular weight excluding hydrogens is 179 g/mol. The van der Waals surface area contributed by atoms with Crippen molar-refractivity contribution >= 4 is 23.2 Å². The maximum Gasteiger partial charge on any atom is 0.101 e. The molecule has 0 bridgehead atoms. The summed E-state index contributed by atoms with van der Waals surface area (Å²) in [5, 5.41) is -0.148. The number of alkyl halides is 2. The monoisotopic (exact) mass is 188 g/mol. The van der Waals surface area contributed by atoms with Crippen LogP contribution in [0.5, 0.6) is 0 Å². The van der Waals surface area contributed by atoms with Gasteiger partial charge in [0.1, 0.15) is 4.87 Å². The van der Waals surface area contributed by atoms with Gasteiger partial charge in [0.2, 0.25) is 0 Å². The van der Waals surface area contributed by atoms with Gasteiger partial charge in [0.25, 0.3) is 0 Å². The molecule has 0 saturated heterocycles. The molecule has 0 amide bonds. The first-order chi connectivity index (χ1) is 5.19. The van der Waals surface area contributed by atoms with E-state index in [-0.39, 0.29) is 5.38 Å². The zero-order valence-corrected chi connectivity index (χ0v) is 7.81. The summed E-state index contributed by atoms with van der Waals surface area (Å²) in [7, 11) is 0. The minimum Gasteiger partial charge on any atom is -0.116 e. The summed E-state index contributed by atoms with van der Waals surface area (Å²) in [5.74, 6) is 0. The van der Waals surface area contributed by atoms with Gasteiger partial charge in [-0.3, -0.25) is 0 Å². The normalized spacial score (nSPS) is 36.8. The average molecular weight is 189 g/mol. The molecule has 0 aromatic heterocycles. The summed E-state index contributed by atoms with van der Waals surface area (Å²) in [6.45, 7) is 1.93. The quantitative estimate of drug-likeness (QED) is 0.438. The van der Waals surface area contributed by atoms with E-state index in [0.717, 1.165) is 0 Å². The van der Waals surface area contributed by atoms with Gasteiger partial charge in [0.05, 0.1) is 5.38 Å². The van der Waals surface area contributed by atoms with E-state index >= 15 is 0 Å². The molecule has 2 heteroatoms. The van der Waals surface area contributed by atoms with Crippen LogP contribution in [-0.2, 0) is 0 Å². The van der Waals surface area contributed by atoms with Gasteiger partial charge >= 0.3 is 0 Å². The van der Waals surface area contributed by atoms with Crippen molar-refractivity contribution in [2.75, 3.05) is 0 Å². The van der Waals surface area contributed by atoms with Gasteiger partial charge in [-0.05, 0) is 6.92 Å². The van der Waals surface area contributed by atoms with Crippen molar-refractivity contribution in [3.8, 4) is 0 Å². The second-order valence-electron chi connectivity index (χ2n) is 2.47. The Labute approximate surface area is 77.2 Å². The van der Waals surface area contributed by atoms with E-state index < -0.39 is 4.87 Å². The van der Waals surface area contributed by atoms with Crippen LogP contribution in [0.3, 0.4) is 0 Å². The van der Waals surface area contributed by atoms with E-state index in [1.807, 2.05) is 43.4 Å². The molecule has 2 unspecified atom stereocenters. The van der Waals surface area contributed by atoms with Crippen LogP contribution in [0.1, 0.15) is 6.92 Å². The predicted octanol–water partition coefficient (Wildman–Crippen LogP) is 3.27. The Morgan fingerprint density at radius 2 is 2.18 bits per heavy atom. The lowest BCUT2D eigenvalue weighted by atomic mass is 9.99. The van der Waals surface area contributed by atoms with E-state index in [0.29, 0.717) is 0 Å². The van der Waals surface area contributed by atoms with Gasteiger partial charge in [-0.2, -0.15) is 0 Å². The molecular formula is C9H10Cl2. The highest BCUT2D eigenvalue weighted by molar-refractivity contribution is 6.35. The van der Waals surface area contributed by atoms with Crippen LogP contribution in [0.4, 0.5) is 0 Å². The lowest BCUT2D eigenvalue weighted by Crippen LogP contribution is -2.28. The number of rotatable bonds is 1. The van der Waals surface area contributed by atoms with Crippen LogP contribution in [0.2, 0.25) is 0 Å². The molecule has 0 nitrogen and oxygen atoms in total. The number of allylic oxidation sites excluding steroid dienone is 6. The molecule has 0 spiro atoms. The van der Waals surface area contributed by atoms with E-state index in [2.05, 4.69) is 0 Å². The van der Waals surface area contributed by atoms with E-state index in [1.165, 1.54) is 0 Å². The Bertz CT molecular complexity index is 216. The molecule has 1 aliphatic carbocycles. The summed E-state index contributed by atoms with van der Waals surface area (Å²) in [6.07, 6.45) is 11.4. The van der Waals surface area contributed by atoms with Crippen molar-refractivity contribution in [3.05, 3.63) is 36.5 Å². The van der Waals surface area contributed by atoms with Crippen molar-refractivity contribution in [2.45, 2.75) is 17.2 Å². The molecule has 1 aliphatic rings. The van der Waals surface area contributed by atoms with Gasteiger partial charge in [-0.15, -0.1) is 23.2 Å². The number of hydrogen-bond acceptors (Lipinski definition) is 0. The van der Waals surface area contributed by atoms with Crippen LogP contribution >= 0.6 is 23.2 Å². The molecule has 2 atom stereocenters. The predicted molar refractivity (Wildman–Crippen MR) is 51.3 cm³/mol. The second kappa shape index (κ2) is 3.46. The van der Waals surface area contributed by atoms with Crippen molar-refractivity contribution in [1.82, 2.24) is 0 Å². The molecule has 0 N–H and O–H groups in total. The number of halogens is 2. The summed E-state index contributed by atoms with van der Waals surface area (Å²) >= 11 is 12.2. The smallest absolute Gasteiger partial charge is 0.101 e. The Morgan fingerprint density at radius 1 is 1.45 bits per heavy atom. The molecule has 60 valence electrons. The fourth-order valence-electron chi connectivity index (χ4n) is 1.01. The third-order valence-corrected chi connectivity index (χ3v) is 2.69. The SMILES string of the molecule is CC=CC1(Cl)C=CC=CC1Cl. The first-order valence-electron chi connectivity index (χ1n) is 3.52. The van der Waals surface area contributed by atoms with Gasteiger partial charge in [0, 0.05) is 0 Å². The van der Waals surface area contributed by atoms with Gasteiger partial charge in [-0.1, -0.05) is 36.5 Å². The summed E-state index contributed by atoms with van der Waals surface area (Å²) in [5.41, 5.74) is 0. The highest BCUT2D eigenvalue weighted by Crippen LogP contribution is 2.31. The molecule has 0 heterocycles. The van der Waals surface area contributed by atoms with Crippen LogP contribution in [-0.4, -0.2) is 10.3 Å². The zero-order valence-electron chi connectivity index (χ0n) is 6.30. The van der Waals surface area contributed by atoms with Crippen molar-refractivity contribution in [3.63, 3.8) is 0 Å². The van der Waals surface area contributed by atoms with Gasteiger partial charge in [0.15, 0.2) is 0 Å². The Kier molecular flexibility index (Phi) is 2.80. The van der Waals surface area contributed by atoms with E-state index in [9.17, 15) is 0 Å². The first kappa shape index (κ1) is 8.89. The largest absolute Gasteiger partial charge is 0.116 e. The van der Waals surface area contributed by atoms with Crippen molar-refractivity contribution in [2.24, 2.45) is 0 Å². The Morgan fingerprint density at radius 3 is 2.73 bits per heavy atom. The lowest BCUT2D eigenvalue weighted by molar-refractivity contribution is 0.873. The minimum atomic E-state index is -0.523. The highest BCUT2D eigenvalue weighted by atomic mass is 35.5.